The Morgan fingerprint density at radius 3 is 2.28 bits per heavy atom. The van der Waals surface area contributed by atoms with Crippen molar-refractivity contribution in [2.45, 2.75) is 87.8 Å². The fourth-order valence-corrected chi connectivity index (χ4v) is 11.5. The molecule has 1 aromatic rings. The first-order chi connectivity index (χ1) is 28.7. The van der Waals surface area contributed by atoms with Gasteiger partial charge in [0, 0.05) is 58.4 Å². The minimum absolute atomic E-state index is 0.0905. The number of fused-ring (bicyclic) bond motifs is 4. The van der Waals surface area contributed by atoms with E-state index in [1.54, 1.807) is 11.1 Å². The highest BCUT2D eigenvalue weighted by molar-refractivity contribution is 5.56. The summed E-state index contributed by atoms with van der Waals surface area (Å²) in [4.78, 5) is 2.82. The summed E-state index contributed by atoms with van der Waals surface area (Å²) in [5.41, 5.74) is 13.1. The average molecular weight is 758 g/mol. The van der Waals surface area contributed by atoms with E-state index in [1.165, 1.54) is 58.4 Å². The van der Waals surface area contributed by atoms with Gasteiger partial charge < -0.3 is 9.64 Å². The lowest BCUT2D eigenvalue weighted by molar-refractivity contribution is 0.175. The first kappa shape index (κ1) is 35.8. The molecular weight excluding hydrogens is 703 g/mol. The maximum atomic E-state index is 6.65. The average Bonchev–Trinajstić information content (AvgIpc) is 3.68. The van der Waals surface area contributed by atoms with Gasteiger partial charge in [0.2, 0.25) is 0 Å². The minimum Gasteiger partial charge on any atom is -0.485 e. The lowest BCUT2D eigenvalue weighted by atomic mass is 9.76. The smallest absolute Gasteiger partial charge is 0.128 e. The van der Waals surface area contributed by atoms with Crippen LogP contribution in [0.15, 0.2) is 209 Å². The van der Waals surface area contributed by atoms with Gasteiger partial charge in [-0.25, -0.2) is 0 Å². The molecule has 0 radical (unpaired) electrons. The van der Waals surface area contributed by atoms with E-state index >= 15 is 0 Å². The fourth-order valence-electron chi connectivity index (χ4n) is 11.5. The van der Waals surface area contributed by atoms with Crippen LogP contribution in [-0.2, 0) is 0 Å². The molecule has 0 saturated heterocycles. The third-order valence-electron chi connectivity index (χ3n) is 14.5. The molecule has 0 saturated carbocycles. The van der Waals surface area contributed by atoms with E-state index in [1.807, 2.05) is 0 Å². The molecule has 1 aromatic carbocycles. The summed E-state index contributed by atoms with van der Waals surface area (Å²) in [6.07, 6.45) is 70.0. The van der Waals surface area contributed by atoms with Crippen molar-refractivity contribution in [3.63, 3.8) is 0 Å². The Kier molecular flexibility index (Phi) is 9.53. The Labute approximate surface area is 345 Å². The number of hydrogen-bond acceptors (Lipinski definition) is 2. The summed E-state index contributed by atoms with van der Waals surface area (Å²) in [5, 5.41) is 0. The van der Waals surface area contributed by atoms with Crippen LogP contribution in [0, 0.1) is 23.7 Å². The molecule has 0 aromatic heterocycles. The number of hydrogen-bond donors (Lipinski definition) is 0. The third kappa shape index (κ3) is 6.59. The second-order valence-electron chi connectivity index (χ2n) is 17.8. The molecule has 0 amide bonds. The first-order valence-corrected chi connectivity index (χ1v) is 22.3. The van der Waals surface area contributed by atoms with Crippen molar-refractivity contribution in [2.75, 3.05) is 0 Å². The molecule has 1 heterocycles. The highest BCUT2D eigenvalue weighted by atomic mass is 16.5. The van der Waals surface area contributed by atoms with Crippen LogP contribution in [0.2, 0.25) is 0 Å². The van der Waals surface area contributed by atoms with E-state index in [0.29, 0.717) is 41.7 Å². The predicted octanol–water partition coefficient (Wildman–Crippen LogP) is 13.2. The largest absolute Gasteiger partial charge is 0.485 e. The van der Waals surface area contributed by atoms with E-state index < -0.39 is 0 Å². The van der Waals surface area contributed by atoms with E-state index in [2.05, 4.69) is 175 Å². The van der Waals surface area contributed by atoms with Crippen LogP contribution in [0.25, 0.3) is 0 Å². The monoisotopic (exact) mass is 757 g/mol. The summed E-state index contributed by atoms with van der Waals surface area (Å²) in [6, 6.07) is 7.57. The topological polar surface area (TPSA) is 12.5 Å². The van der Waals surface area contributed by atoms with Gasteiger partial charge in [0.25, 0.3) is 0 Å². The van der Waals surface area contributed by atoms with Gasteiger partial charge >= 0.3 is 0 Å². The number of para-hydroxylation sites is 1. The lowest BCUT2D eigenvalue weighted by Crippen LogP contribution is -2.47. The number of benzene rings is 1. The molecule has 2 heteroatoms. The Morgan fingerprint density at radius 1 is 0.552 bits per heavy atom. The van der Waals surface area contributed by atoms with Crippen molar-refractivity contribution in [3.8, 4) is 5.75 Å². The molecule has 0 bridgehead atoms. The predicted molar refractivity (Wildman–Crippen MR) is 240 cm³/mol. The molecule has 1 aliphatic heterocycles. The van der Waals surface area contributed by atoms with Crippen LogP contribution in [0.4, 0.5) is 0 Å². The number of allylic oxidation sites excluding steroid dienone is 25. The molecule has 10 aliphatic rings. The summed E-state index contributed by atoms with van der Waals surface area (Å²) in [6.45, 7) is 0. The van der Waals surface area contributed by atoms with Gasteiger partial charge in [-0.3, -0.25) is 0 Å². The molecule has 9 aliphatic carbocycles. The van der Waals surface area contributed by atoms with Crippen LogP contribution >= 0.6 is 0 Å². The van der Waals surface area contributed by atoms with Crippen molar-refractivity contribution in [3.05, 3.63) is 220 Å². The quantitative estimate of drug-likeness (QED) is 0.275. The molecule has 58 heavy (non-hydrogen) atoms. The van der Waals surface area contributed by atoms with Crippen LogP contribution in [0.1, 0.15) is 80.8 Å². The Morgan fingerprint density at radius 2 is 1.41 bits per heavy atom. The van der Waals surface area contributed by atoms with Crippen LogP contribution < -0.4 is 4.74 Å². The molecule has 11 rings (SSSR count). The van der Waals surface area contributed by atoms with E-state index in [0.717, 1.165) is 44.3 Å². The zero-order chi connectivity index (χ0) is 38.4. The van der Waals surface area contributed by atoms with Gasteiger partial charge in [-0.05, 0) is 103 Å². The normalized spacial score (nSPS) is 33.7. The van der Waals surface area contributed by atoms with Crippen LogP contribution in [-0.4, -0.2) is 23.1 Å². The van der Waals surface area contributed by atoms with Gasteiger partial charge in [-0.15, -0.1) is 0 Å². The van der Waals surface area contributed by atoms with Crippen molar-refractivity contribution >= 4 is 0 Å². The summed E-state index contributed by atoms with van der Waals surface area (Å²) in [7, 11) is 0. The first-order valence-electron chi connectivity index (χ1n) is 22.3. The summed E-state index contributed by atoms with van der Waals surface area (Å²) < 4.78 is 6.65. The zero-order valence-corrected chi connectivity index (χ0v) is 33.6. The van der Waals surface area contributed by atoms with E-state index in [4.69, 9.17) is 4.74 Å². The van der Waals surface area contributed by atoms with Crippen LogP contribution in [0.5, 0.6) is 5.75 Å². The van der Waals surface area contributed by atoms with Crippen LogP contribution in [0.3, 0.4) is 0 Å². The molecule has 0 N–H and O–H groups in total. The highest BCUT2D eigenvalue weighted by Crippen LogP contribution is 2.48. The minimum atomic E-state index is 0.0905. The number of ether oxygens (including phenoxy) is 1. The Hall–Kier alpha value is -5.34. The van der Waals surface area contributed by atoms with Gasteiger partial charge in [0.15, 0.2) is 0 Å². The molecule has 290 valence electrons. The SMILES string of the molecule is C1=CCC(c2cccc3c2OC2C=CC(C4C=CC(C5C=CC(N(C6C=CC(C7CC=CC8=C7C=CCC8)=CC6)[C@@H]6CCC=C7C=CC=C[C@@H]76)=CC5)=CC4)=CC32)C=C1. The molecular formula is C56H55NO. The second kappa shape index (κ2) is 15.4. The Bertz CT molecular complexity index is 2360. The standard InChI is InChI=1S/C56H55NO/c1-2-11-43(12-3-1)51-20-10-21-52-53-37-45(31-36-55(53)58-56(51)52)40-25-23-38(24-26-40)39-27-32-46(33-28-39)57(54-22-9-16-42-14-5-7-18-50(42)54)47-34-29-44(30-35-47)49-19-8-15-41-13-4-6-17-48(41)49/h1-3,5-8,10-11,14-18,20-21,23-25,27,29-34,36-37,39-40,43,47,49-50,53-55H,4,9,12-13,19,22,26,28,35H2/t39?,40?,43?,47?,49?,50-,53?,54+,55?/m0/s1. The van der Waals surface area contributed by atoms with Crippen molar-refractivity contribution in [1.29, 1.82) is 0 Å². The maximum absolute atomic E-state index is 6.65. The fraction of sp³-hybridized carbons (Fsp3) is 0.321. The van der Waals surface area contributed by atoms with Crippen molar-refractivity contribution < 1.29 is 4.74 Å². The van der Waals surface area contributed by atoms with E-state index in [-0.39, 0.29) is 12.0 Å². The van der Waals surface area contributed by atoms with Gasteiger partial charge in [-0.2, -0.15) is 0 Å². The highest BCUT2D eigenvalue weighted by Gasteiger charge is 2.38. The second-order valence-corrected chi connectivity index (χ2v) is 17.8. The molecule has 9 atom stereocenters. The molecule has 0 spiro atoms. The van der Waals surface area contributed by atoms with Crippen molar-refractivity contribution in [2.24, 2.45) is 23.7 Å². The van der Waals surface area contributed by atoms with Gasteiger partial charge in [0.05, 0.1) is 6.04 Å². The molecule has 7 unspecified atom stereocenters. The third-order valence-corrected chi connectivity index (χ3v) is 14.5. The summed E-state index contributed by atoms with van der Waals surface area (Å²) >= 11 is 0. The van der Waals surface area contributed by atoms with Gasteiger partial charge in [0.1, 0.15) is 11.9 Å². The number of nitrogens with zero attached hydrogens (tertiary/aromatic N) is 1. The van der Waals surface area contributed by atoms with Crippen molar-refractivity contribution in [1.82, 2.24) is 4.90 Å². The number of rotatable bonds is 7. The lowest BCUT2D eigenvalue weighted by Gasteiger charge is -2.46. The molecule has 2 nitrogen and oxygen atoms in total. The Balaban J connectivity index is 0.790. The molecule has 0 fully saturated rings. The van der Waals surface area contributed by atoms with Gasteiger partial charge in [-0.1, -0.05) is 158 Å². The maximum Gasteiger partial charge on any atom is 0.128 e. The summed E-state index contributed by atoms with van der Waals surface area (Å²) in [5.74, 6) is 3.53. The zero-order valence-electron chi connectivity index (χ0n) is 33.6. The van der Waals surface area contributed by atoms with E-state index in [9.17, 15) is 0 Å².